The number of nitrogens with one attached hydrogen (secondary N) is 1. The topological polar surface area (TPSA) is 110 Å². The molecule has 234 valence electrons. The van der Waals surface area contributed by atoms with E-state index in [0.717, 1.165) is 18.4 Å². The molecule has 3 aromatic carbocycles. The number of fused-ring (bicyclic) bond motifs is 1. The summed E-state index contributed by atoms with van der Waals surface area (Å²) in [6, 6.07) is 18.3. The number of rotatable bonds is 12. The van der Waals surface area contributed by atoms with Crippen LogP contribution in [0.4, 0.5) is 5.69 Å². The fraction of sp³-hybridized carbons (Fsp3) is 0.400. The van der Waals surface area contributed by atoms with Crippen molar-refractivity contribution in [1.82, 2.24) is 4.31 Å². The number of amides is 2. The van der Waals surface area contributed by atoms with Crippen LogP contribution in [0.25, 0.3) is 0 Å². The quantitative estimate of drug-likeness (QED) is 0.222. The number of carbonyl (C=O) groups excluding carboxylic acids is 3. The van der Waals surface area contributed by atoms with Crippen LogP contribution in [-0.2, 0) is 25.6 Å². The molecule has 0 aliphatic carbocycles. The highest BCUT2D eigenvalue weighted by molar-refractivity contribution is 7.90. The van der Waals surface area contributed by atoms with Crippen molar-refractivity contribution in [2.24, 2.45) is 0 Å². The van der Waals surface area contributed by atoms with E-state index in [-0.39, 0.29) is 32.8 Å². The summed E-state index contributed by atoms with van der Waals surface area (Å²) in [6.45, 7) is 14.3. The summed E-state index contributed by atoms with van der Waals surface area (Å²) < 4.78 is 32.8. The smallest absolute Gasteiger partial charge is 0.269 e. The number of carbonyl (C=O) groups is 3. The van der Waals surface area contributed by atoms with Crippen LogP contribution in [0.5, 0.6) is 5.75 Å². The van der Waals surface area contributed by atoms with Crippen molar-refractivity contribution in [3.05, 3.63) is 89.0 Å². The number of ether oxygens (including phenoxy) is 1. The number of hydrogen-bond donors (Lipinski definition) is 1. The van der Waals surface area contributed by atoms with Crippen LogP contribution in [0.1, 0.15) is 99.6 Å². The Morgan fingerprint density at radius 3 is 2.20 bits per heavy atom. The lowest BCUT2D eigenvalue weighted by Gasteiger charge is -2.31. The standard InChI is InChI=1S/C35H42N2O6S/c1-8-29(43-30-19-18-24(34(4,5)9-2)21-27(30)35(6,7)10-3)32(39)36-25-15-13-14-23(20-25)28(38)22-37-33(40)26-16-11-12-17-31(26)44(37,41)42/h11-21,29H,8-10,22H2,1-7H3,(H,36,39). The minimum absolute atomic E-state index is 0.00266. The summed E-state index contributed by atoms with van der Waals surface area (Å²) in [6.07, 6.45) is 1.49. The van der Waals surface area contributed by atoms with Crippen LogP contribution < -0.4 is 10.1 Å². The molecule has 4 rings (SSSR count). The minimum atomic E-state index is -4.12. The van der Waals surface area contributed by atoms with Gasteiger partial charge in [-0.05, 0) is 66.0 Å². The maximum Gasteiger partial charge on any atom is 0.269 e. The molecule has 9 heteroatoms. The van der Waals surface area contributed by atoms with Gasteiger partial charge < -0.3 is 10.1 Å². The SMILES string of the molecule is CCC(Oc1ccc(C(C)(C)CC)cc1C(C)(C)CC)C(=O)Nc1cccc(C(=O)CN2C(=O)c3ccccc3S2(=O)=O)c1. The van der Waals surface area contributed by atoms with Gasteiger partial charge in [0.2, 0.25) is 0 Å². The largest absolute Gasteiger partial charge is 0.480 e. The molecule has 0 aromatic heterocycles. The van der Waals surface area contributed by atoms with E-state index in [1.807, 2.05) is 13.0 Å². The Morgan fingerprint density at radius 2 is 1.57 bits per heavy atom. The second-order valence-corrected chi connectivity index (χ2v) is 14.3. The molecule has 0 radical (unpaired) electrons. The average molecular weight is 619 g/mol. The molecule has 2 amide bonds. The molecule has 1 atom stereocenters. The van der Waals surface area contributed by atoms with Crippen molar-refractivity contribution in [2.45, 2.75) is 89.6 Å². The molecule has 1 heterocycles. The molecule has 1 aliphatic heterocycles. The van der Waals surface area contributed by atoms with Gasteiger partial charge in [0, 0.05) is 16.8 Å². The molecule has 0 fully saturated rings. The van der Waals surface area contributed by atoms with E-state index in [1.165, 1.54) is 35.9 Å². The van der Waals surface area contributed by atoms with Gasteiger partial charge in [-0.3, -0.25) is 14.4 Å². The van der Waals surface area contributed by atoms with Gasteiger partial charge in [0.1, 0.15) is 17.2 Å². The molecule has 1 N–H and O–H groups in total. The summed E-state index contributed by atoms with van der Waals surface area (Å²) in [4.78, 5) is 39.2. The number of ketones is 1. The summed E-state index contributed by atoms with van der Waals surface area (Å²) in [5.74, 6) is -1.02. The zero-order chi connectivity index (χ0) is 32.4. The molecule has 0 bridgehead atoms. The van der Waals surface area contributed by atoms with Crippen LogP contribution in [-0.4, -0.2) is 43.0 Å². The number of nitrogens with zero attached hydrogens (tertiary/aromatic N) is 1. The summed E-state index contributed by atoms with van der Waals surface area (Å²) in [7, 11) is -4.12. The molecule has 1 aliphatic rings. The predicted molar refractivity (Wildman–Crippen MR) is 172 cm³/mol. The van der Waals surface area contributed by atoms with E-state index in [2.05, 4.69) is 59.0 Å². The zero-order valence-corrected chi connectivity index (χ0v) is 27.4. The van der Waals surface area contributed by atoms with E-state index >= 15 is 0 Å². The first-order chi connectivity index (χ1) is 20.7. The molecule has 0 saturated carbocycles. The Morgan fingerprint density at radius 1 is 0.886 bits per heavy atom. The molecular formula is C35H42N2O6S. The highest BCUT2D eigenvalue weighted by Crippen LogP contribution is 2.39. The van der Waals surface area contributed by atoms with Gasteiger partial charge in [-0.15, -0.1) is 0 Å². The van der Waals surface area contributed by atoms with Gasteiger partial charge in [-0.25, -0.2) is 12.7 Å². The van der Waals surface area contributed by atoms with Crippen LogP contribution in [0.15, 0.2) is 71.6 Å². The Bertz CT molecular complexity index is 1690. The normalized spacial score (nSPS) is 15.1. The number of benzene rings is 3. The van der Waals surface area contributed by atoms with Crippen molar-refractivity contribution < 1.29 is 27.5 Å². The van der Waals surface area contributed by atoms with E-state index in [1.54, 1.807) is 18.2 Å². The van der Waals surface area contributed by atoms with Gasteiger partial charge in [-0.2, -0.15) is 0 Å². The zero-order valence-electron chi connectivity index (χ0n) is 26.6. The number of anilines is 1. The molecule has 8 nitrogen and oxygen atoms in total. The third-order valence-electron chi connectivity index (χ3n) is 8.84. The third kappa shape index (κ3) is 6.43. The van der Waals surface area contributed by atoms with Gasteiger partial charge >= 0.3 is 0 Å². The maximum absolute atomic E-state index is 13.4. The van der Waals surface area contributed by atoms with Crippen molar-refractivity contribution in [3.8, 4) is 5.75 Å². The molecule has 0 spiro atoms. The van der Waals surface area contributed by atoms with Crippen LogP contribution in [0.3, 0.4) is 0 Å². The Labute approximate surface area is 260 Å². The highest BCUT2D eigenvalue weighted by Gasteiger charge is 2.42. The molecule has 0 saturated heterocycles. The van der Waals surface area contributed by atoms with E-state index < -0.39 is 34.4 Å². The monoisotopic (exact) mass is 618 g/mol. The second kappa shape index (κ2) is 12.6. The van der Waals surface area contributed by atoms with Crippen molar-refractivity contribution >= 4 is 33.3 Å². The first kappa shape index (κ1) is 32.9. The van der Waals surface area contributed by atoms with Crippen molar-refractivity contribution in [3.63, 3.8) is 0 Å². The molecule has 44 heavy (non-hydrogen) atoms. The van der Waals surface area contributed by atoms with Gasteiger partial charge in [-0.1, -0.05) is 84.9 Å². The average Bonchev–Trinajstić information content (AvgIpc) is 3.20. The molecule has 1 unspecified atom stereocenters. The van der Waals surface area contributed by atoms with Crippen LogP contribution in [0, 0.1) is 0 Å². The lowest BCUT2D eigenvalue weighted by molar-refractivity contribution is -0.122. The number of Topliss-reactive ketones (excluding diaryl/α,β-unsaturated/α-hetero) is 1. The van der Waals surface area contributed by atoms with Gasteiger partial charge in [0.15, 0.2) is 11.9 Å². The Hall–Kier alpha value is -3.98. The first-order valence-electron chi connectivity index (χ1n) is 15.1. The lowest BCUT2D eigenvalue weighted by atomic mass is 9.76. The highest BCUT2D eigenvalue weighted by atomic mass is 32.2. The summed E-state index contributed by atoms with van der Waals surface area (Å²) >= 11 is 0. The number of sulfonamides is 1. The van der Waals surface area contributed by atoms with Crippen molar-refractivity contribution in [1.29, 1.82) is 0 Å². The lowest BCUT2D eigenvalue weighted by Crippen LogP contribution is -2.35. The Balaban J connectivity index is 1.52. The van der Waals surface area contributed by atoms with Gasteiger partial charge in [0.05, 0.1) is 5.56 Å². The van der Waals surface area contributed by atoms with Gasteiger partial charge in [0.25, 0.3) is 21.8 Å². The third-order valence-corrected chi connectivity index (χ3v) is 10.6. The summed E-state index contributed by atoms with van der Waals surface area (Å²) in [5, 5.41) is 2.84. The van der Waals surface area contributed by atoms with E-state index in [0.29, 0.717) is 22.2 Å². The Kier molecular flexibility index (Phi) is 9.40. The fourth-order valence-corrected chi connectivity index (χ4v) is 6.58. The fourth-order valence-electron chi connectivity index (χ4n) is 5.05. The minimum Gasteiger partial charge on any atom is -0.480 e. The first-order valence-corrected chi connectivity index (χ1v) is 16.5. The maximum atomic E-state index is 13.4. The van der Waals surface area contributed by atoms with E-state index in [4.69, 9.17) is 4.74 Å². The van der Waals surface area contributed by atoms with E-state index in [9.17, 15) is 22.8 Å². The van der Waals surface area contributed by atoms with Crippen molar-refractivity contribution in [2.75, 3.05) is 11.9 Å². The predicted octanol–water partition coefficient (Wildman–Crippen LogP) is 6.89. The molecular weight excluding hydrogens is 576 g/mol. The summed E-state index contributed by atoms with van der Waals surface area (Å²) in [5.41, 5.74) is 2.65. The molecule has 3 aromatic rings. The number of hydrogen-bond acceptors (Lipinski definition) is 6. The van der Waals surface area contributed by atoms with Crippen LogP contribution in [0.2, 0.25) is 0 Å². The van der Waals surface area contributed by atoms with Crippen LogP contribution >= 0.6 is 0 Å². The second-order valence-electron chi connectivity index (χ2n) is 12.5.